The standard InChI is InChI=1S/C28H30Cl2N2O2S/c1-20(2)31-28(34)26(16-21-10-4-3-5-11-21)32(17-22-12-6-8-14-24(22)29)27(33)19-35-18-23-13-7-9-15-25(23)30/h3-15,20,26H,16-19H2,1-2H3,(H,31,34). The van der Waals surface area contributed by atoms with Crippen LogP contribution in [0.5, 0.6) is 0 Å². The summed E-state index contributed by atoms with van der Waals surface area (Å²) in [4.78, 5) is 28.6. The van der Waals surface area contributed by atoms with Gasteiger partial charge in [-0.2, -0.15) is 0 Å². The Hall–Kier alpha value is -2.47. The van der Waals surface area contributed by atoms with Crippen molar-refractivity contribution in [2.75, 3.05) is 5.75 Å². The van der Waals surface area contributed by atoms with Crippen LogP contribution in [0.2, 0.25) is 10.0 Å². The first-order chi connectivity index (χ1) is 16.8. The Morgan fingerprint density at radius 3 is 2.03 bits per heavy atom. The number of carbonyl (C=O) groups excluding carboxylic acids is 2. The third kappa shape index (κ3) is 8.31. The molecule has 0 radical (unpaired) electrons. The summed E-state index contributed by atoms with van der Waals surface area (Å²) in [5.74, 6) is 0.519. The highest BCUT2D eigenvalue weighted by Crippen LogP contribution is 2.24. The molecule has 1 atom stereocenters. The summed E-state index contributed by atoms with van der Waals surface area (Å²) in [6, 6.07) is 24.1. The maximum absolute atomic E-state index is 13.6. The fourth-order valence-electron chi connectivity index (χ4n) is 3.69. The summed E-state index contributed by atoms with van der Waals surface area (Å²) in [5, 5.41) is 4.24. The Morgan fingerprint density at radius 1 is 0.857 bits per heavy atom. The van der Waals surface area contributed by atoms with Gasteiger partial charge in [-0.15, -0.1) is 11.8 Å². The minimum atomic E-state index is -0.676. The van der Waals surface area contributed by atoms with Crippen LogP contribution in [-0.2, 0) is 28.3 Å². The molecule has 1 N–H and O–H groups in total. The largest absolute Gasteiger partial charge is 0.352 e. The summed E-state index contributed by atoms with van der Waals surface area (Å²) < 4.78 is 0. The van der Waals surface area contributed by atoms with Crippen LogP contribution in [-0.4, -0.2) is 34.6 Å². The van der Waals surface area contributed by atoms with E-state index in [1.54, 1.807) is 11.0 Å². The van der Waals surface area contributed by atoms with Gasteiger partial charge in [-0.25, -0.2) is 0 Å². The molecule has 7 heteroatoms. The van der Waals surface area contributed by atoms with Gasteiger partial charge in [0.1, 0.15) is 6.04 Å². The zero-order chi connectivity index (χ0) is 25.2. The van der Waals surface area contributed by atoms with Crippen LogP contribution in [0.15, 0.2) is 78.9 Å². The van der Waals surface area contributed by atoms with E-state index in [1.807, 2.05) is 86.6 Å². The molecule has 0 saturated heterocycles. The smallest absolute Gasteiger partial charge is 0.243 e. The second-order valence-corrected chi connectivity index (χ2v) is 10.4. The van der Waals surface area contributed by atoms with Gasteiger partial charge < -0.3 is 10.2 Å². The molecule has 0 spiro atoms. The minimum Gasteiger partial charge on any atom is -0.352 e. The van der Waals surface area contributed by atoms with Gasteiger partial charge in [0.15, 0.2) is 0 Å². The molecule has 4 nitrogen and oxygen atoms in total. The molecule has 184 valence electrons. The monoisotopic (exact) mass is 528 g/mol. The topological polar surface area (TPSA) is 49.4 Å². The molecule has 3 aromatic rings. The van der Waals surface area contributed by atoms with Crippen LogP contribution in [0.1, 0.15) is 30.5 Å². The second-order valence-electron chi connectivity index (χ2n) is 8.57. The lowest BCUT2D eigenvalue weighted by molar-refractivity contribution is -0.139. The zero-order valence-corrected chi connectivity index (χ0v) is 22.2. The number of rotatable bonds is 11. The van der Waals surface area contributed by atoms with Crippen molar-refractivity contribution >= 4 is 46.8 Å². The summed E-state index contributed by atoms with van der Waals surface area (Å²) in [6.07, 6.45) is 0.408. The van der Waals surface area contributed by atoms with Crippen molar-refractivity contribution in [2.24, 2.45) is 0 Å². The van der Waals surface area contributed by atoms with Gasteiger partial charge in [-0.05, 0) is 42.7 Å². The molecule has 2 amide bonds. The lowest BCUT2D eigenvalue weighted by Crippen LogP contribution is -2.52. The molecule has 0 aliphatic carbocycles. The molecule has 35 heavy (non-hydrogen) atoms. The van der Waals surface area contributed by atoms with E-state index >= 15 is 0 Å². The first kappa shape index (κ1) is 27.1. The first-order valence-electron chi connectivity index (χ1n) is 11.5. The molecule has 0 bridgehead atoms. The van der Waals surface area contributed by atoms with E-state index in [0.717, 1.165) is 16.7 Å². The van der Waals surface area contributed by atoms with Gasteiger partial charge in [-0.3, -0.25) is 9.59 Å². The number of amides is 2. The lowest BCUT2D eigenvalue weighted by Gasteiger charge is -2.32. The number of hydrogen-bond acceptors (Lipinski definition) is 3. The molecule has 0 heterocycles. The van der Waals surface area contributed by atoms with Crippen molar-refractivity contribution in [3.8, 4) is 0 Å². The molecule has 0 aromatic heterocycles. The summed E-state index contributed by atoms with van der Waals surface area (Å²) in [6.45, 7) is 4.07. The van der Waals surface area contributed by atoms with E-state index in [-0.39, 0.29) is 30.2 Å². The number of thioether (sulfide) groups is 1. The highest BCUT2D eigenvalue weighted by atomic mass is 35.5. The number of nitrogens with zero attached hydrogens (tertiary/aromatic N) is 1. The SMILES string of the molecule is CC(C)NC(=O)C(Cc1ccccc1)N(Cc1ccccc1Cl)C(=O)CSCc1ccccc1Cl. The van der Waals surface area contributed by atoms with E-state index in [4.69, 9.17) is 23.2 Å². The number of carbonyl (C=O) groups is 2. The quantitative estimate of drug-likeness (QED) is 0.313. The number of nitrogens with one attached hydrogen (secondary N) is 1. The van der Waals surface area contributed by atoms with Gasteiger partial charge in [0, 0.05) is 34.8 Å². The van der Waals surface area contributed by atoms with E-state index in [9.17, 15) is 9.59 Å². The van der Waals surface area contributed by atoms with Crippen LogP contribution in [0.3, 0.4) is 0 Å². The molecule has 0 aliphatic heterocycles. The average Bonchev–Trinajstić information content (AvgIpc) is 2.83. The summed E-state index contributed by atoms with van der Waals surface area (Å²) in [7, 11) is 0. The maximum atomic E-state index is 13.6. The van der Waals surface area contributed by atoms with Crippen LogP contribution >= 0.6 is 35.0 Å². The van der Waals surface area contributed by atoms with Crippen molar-refractivity contribution in [2.45, 2.75) is 44.6 Å². The Morgan fingerprint density at radius 2 is 1.43 bits per heavy atom. The predicted octanol–water partition coefficient (Wildman–Crippen LogP) is 6.39. The van der Waals surface area contributed by atoms with Crippen molar-refractivity contribution in [1.82, 2.24) is 10.2 Å². The van der Waals surface area contributed by atoms with E-state index in [2.05, 4.69) is 5.32 Å². The third-order valence-corrected chi connectivity index (χ3v) is 7.15. The van der Waals surface area contributed by atoms with Gasteiger partial charge in [-0.1, -0.05) is 89.9 Å². The van der Waals surface area contributed by atoms with Crippen LogP contribution in [0.25, 0.3) is 0 Å². The molecule has 3 aromatic carbocycles. The fourth-order valence-corrected chi connectivity index (χ4v) is 5.08. The lowest BCUT2D eigenvalue weighted by atomic mass is 10.0. The van der Waals surface area contributed by atoms with Crippen molar-refractivity contribution < 1.29 is 9.59 Å². The Labute approximate surface area is 222 Å². The van der Waals surface area contributed by atoms with Crippen molar-refractivity contribution in [1.29, 1.82) is 0 Å². The summed E-state index contributed by atoms with van der Waals surface area (Å²) >= 11 is 14.2. The molecule has 0 aliphatic rings. The molecule has 0 saturated carbocycles. The molecule has 0 fully saturated rings. The van der Waals surface area contributed by atoms with Crippen LogP contribution < -0.4 is 5.32 Å². The number of halogens is 2. The minimum absolute atomic E-state index is 0.0485. The van der Waals surface area contributed by atoms with E-state index < -0.39 is 6.04 Å². The van der Waals surface area contributed by atoms with Gasteiger partial charge in [0.05, 0.1) is 5.75 Å². The second kappa shape index (κ2) is 13.6. The molecular weight excluding hydrogens is 499 g/mol. The molecule has 3 rings (SSSR count). The molecular formula is C28H30Cl2N2O2S. The zero-order valence-electron chi connectivity index (χ0n) is 19.9. The third-order valence-electron chi connectivity index (χ3n) is 5.44. The average molecular weight is 530 g/mol. The normalized spacial score (nSPS) is 11.8. The first-order valence-corrected chi connectivity index (χ1v) is 13.4. The Bertz CT molecular complexity index is 1120. The van der Waals surface area contributed by atoms with Crippen LogP contribution in [0, 0.1) is 0 Å². The van der Waals surface area contributed by atoms with Gasteiger partial charge >= 0.3 is 0 Å². The van der Waals surface area contributed by atoms with Crippen molar-refractivity contribution in [3.05, 3.63) is 106 Å². The number of hydrogen-bond donors (Lipinski definition) is 1. The highest BCUT2D eigenvalue weighted by molar-refractivity contribution is 7.99. The number of benzene rings is 3. The van der Waals surface area contributed by atoms with Crippen molar-refractivity contribution in [3.63, 3.8) is 0 Å². The fraction of sp³-hybridized carbons (Fsp3) is 0.286. The van der Waals surface area contributed by atoms with Crippen LogP contribution in [0.4, 0.5) is 0 Å². The predicted molar refractivity (Wildman–Crippen MR) is 147 cm³/mol. The van der Waals surface area contributed by atoms with Gasteiger partial charge in [0.25, 0.3) is 0 Å². The molecule has 1 unspecified atom stereocenters. The Kier molecular flexibility index (Phi) is 10.5. The Balaban J connectivity index is 1.86. The van der Waals surface area contributed by atoms with Gasteiger partial charge in [0.2, 0.25) is 11.8 Å². The van der Waals surface area contributed by atoms with E-state index in [1.165, 1.54) is 11.8 Å². The summed E-state index contributed by atoms with van der Waals surface area (Å²) in [5.41, 5.74) is 2.76. The van der Waals surface area contributed by atoms with E-state index in [0.29, 0.717) is 22.2 Å². The highest BCUT2D eigenvalue weighted by Gasteiger charge is 2.31. The maximum Gasteiger partial charge on any atom is 0.243 e.